The first-order chi connectivity index (χ1) is 9.45. The van der Waals surface area contributed by atoms with E-state index in [4.69, 9.17) is 20.9 Å². The Labute approximate surface area is 129 Å². The highest BCUT2D eigenvalue weighted by Gasteiger charge is 2.17. The maximum Gasteiger partial charge on any atom is 0.266 e. The Morgan fingerprint density at radius 3 is 2.85 bits per heavy atom. The highest BCUT2D eigenvalue weighted by atomic mass is 79.9. The number of rotatable bonds is 4. The third kappa shape index (κ3) is 3.74. The predicted octanol–water partition coefficient (Wildman–Crippen LogP) is 3.80. The van der Waals surface area contributed by atoms with Crippen LogP contribution in [-0.4, -0.2) is 17.2 Å². The minimum Gasteiger partial charge on any atom is -0.479 e. The first-order valence-electron chi connectivity index (χ1n) is 5.81. The number of halogens is 2. The number of anilines is 1. The molecule has 0 bridgehead atoms. The molecule has 106 valence electrons. The van der Waals surface area contributed by atoms with Crippen molar-refractivity contribution in [3.8, 4) is 5.75 Å². The van der Waals surface area contributed by atoms with Gasteiger partial charge in [0.2, 0.25) is 0 Å². The second-order valence-electron chi connectivity index (χ2n) is 4.15. The van der Waals surface area contributed by atoms with Crippen molar-refractivity contribution in [2.75, 3.05) is 5.32 Å². The van der Waals surface area contributed by atoms with Gasteiger partial charge >= 0.3 is 0 Å². The highest BCUT2D eigenvalue weighted by Crippen LogP contribution is 2.28. The molecule has 1 aromatic heterocycles. The second kappa shape index (κ2) is 6.28. The van der Waals surface area contributed by atoms with Gasteiger partial charge in [0.1, 0.15) is 11.5 Å². The number of aromatic nitrogens is 1. The summed E-state index contributed by atoms with van der Waals surface area (Å²) in [5, 5.41) is 6.70. The molecule has 0 aliphatic carbocycles. The number of amides is 1. The lowest BCUT2D eigenvalue weighted by Gasteiger charge is -2.14. The zero-order chi connectivity index (χ0) is 14.7. The fraction of sp³-hybridized carbons (Fsp3) is 0.231. The molecule has 0 saturated carbocycles. The number of carbonyl (C=O) groups is 1. The van der Waals surface area contributed by atoms with E-state index in [1.54, 1.807) is 38.1 Å². The first kappa shape index (κ1) is 14.9. The van der Waals surface area contributed by atoms with Gasteiger partial charge < -0.3 is 14.6 Å². The zero-order valence-electron chi connectivity index (χ0n) is 10.8. The number of hydrogen-bond donors (Lipinski definition) is 1. The maximum atomic E-state index is 11.9. The molecule has 0 aliphatic rings. The minimum absolute atomic E-state index is 0.336. The van der Waals surface area contributed by atoms with Gasteiger partial charge in [-0.05, 0) is 32.0 Å². The van der Waals surface area contributed by atoms with Crippen LogP contribution in [0.3, 0.4) is 0 Å². The van der Waals surface area contributed by atoms with Gasteiger partial charge in [-0.15, -0.1) is 0 Å². The zero-order valence-corrected chi connectivity index (χ0v) is 13.2. The van der Waals surface area contributed by atoms with Crippen LogP contribution in [0.5, 0.6) is 5.75 Å². The van der Waals surface area contributed by atoms with Gasteiger partial charge in [-0.1, -0.05) is 32.7 Å². The van der Waals surface area contributed by atoms with Crippen LogP contribution >= 0.6 is 27.5 Å². The third-order valence-corrected chi connectivity index (χ3v) is 3.23. The Kier molecular flexibility index (Phi) is 4.67. The van der Waals surface area contributed by atoms with Crippen molar-refractivity contribution in [1.29, 1.82) is 0 Å². The molecule has 5 nitrogen and oxygen atoms in total. The molecular weight excluding hydrogens is 348 g/mol. The van der Waals surface area contributed by atoms with E-state index in [9.17, 15) is 4.79 Å². The molecule has 1 N–H and O–H groups in total. The molecule has 0 saturated heterocycles. The van der Waals surface area contributed by atoms with Crippen LogP contribution < -0.4 is 10.1 Å². The lowest BCUT2D eigenvalue weighted by atomic mass is 10.3. The minimum atomic E-state index is -0.717. The van der Waals surface area contributed by atoms with Gasteiger partial charge in [-0.2, -0.15) is 0 Å². The van der Waals surface area contributed by atoms with Gasteiger partial charge in [-0.25, -0.2) is 0 Å². The number of carbonyl (C=O) groups excluding carboxylic acids is 1. The van der Waals surface area contributed by atoms with Crippen LogP contribution in [-0.2, 0) is 4.79 Å². The molecule has 20 heavy (non-hydrogen) atoms. The van der Waals surface area contributed by atoms with E-state index >= 15 is 0 Å². The SMILES string of the molecule is Cc1cc(NC(=O)C(C)Oc2ccc(Br)cc2Cl)no1. The number of hydrogen-bond acceptors (Lipinski definition) is 4. The van der Waals surface area contributed by atoms with Gasteiger partial charge in [0, 0.05) is 10.5 Å². The predicted molar refractivity (Wildman–Crippen MR) is 79.1 cm³/mol. The van der Waals surface area contributed by atoms with E-state index < -0.39 is 6.10 Å². The molecule has 2 rings (SSSR count). The van der Waals surface area contributed by atoms with Crippen molar-refractivity contribution in [2.24, 2.45) is 0 Å². The van der Waals surface area contributed by atoms with Crippen LogP contribution in [0.4, 0.5) is 5.82 Å². The van der Waals surface area contributed by atoms with Crippen molar-refractivity contribution >= 4 is 39.3 Å². The molecule has 2 aromatic rings. The molecule has 1 unspecified atom stereocenters. The maximum absolute atomic E-state index is 11.9. The lowest BCUT2D eigenvalue weighted by molar-refractivity contribution is -0.122. The topological polar surface area (TPSA) is 64.4 Å². The van der Waals surface area contributed by atoms with Crippen molar-refractivity contribution in [3.05, 3.63) is 39.5 Å². The van der Waals surface area contributed by atoms with Crippen LogP contribution in [0.15, 0.2) is 33.3 Å². The summed E-state index contributed by atoms with van der Waals surface area (Å²) in [4.78, 5) is 11.9. The number of ether oxygens (including phenoxy) is 1. The summed E-state index contributed by atoms with van der Waals surface area (Å²) in [6.07, 6.45) is -0.717. The van der Waals surface area contributed by atoms with E-state index in [1.165, 1.54) is 0 Å². The largest absolute Gasteiger partial charge is 0.479 e. The summed E-state index contributed by atoms with van der Waals surface area (Å²) in [5.41, 5.74) is 0. The van der Waals surface area contributed by atoms with E-state index in [0.29, 0.717) is 22.4 Å². The molecule has 1 heterocycles. The monoisotopic (exact) mass is 358 g/mol. The van der Waals surface area contributed by atoms with Gasteiger partial charge in [0.15, 0.2) is 11.9 Å². The molecule has 0 spiro atoms. The van der Waals surface area contributed by atoms with E-state index in [0.717, 1.165) is 4.47 Å². The third-order valence-electron chi connectivity index (χ3n) is 2.45. The van der Waals surface area contributed by atoms with Gasteiger partial charge in [-0.3, -0.25) is 4.79 Å². The first-order valence-corrected chi connectivity index (χ1v) is 6.98. The number of benzene rings is 1. The summed E-state index contributed by atoms with van der Waals surface area (Å²) in [5.74, 6) is 1.07. The quantitative estimate of drug-likeness (QED) is 0.901. The molecule has 0 fully saturated rings. The average Bonchev–Trinajstić information content (AvgIpc) is 2.78. The highest BCUT2D eigenvalue weighted by molar-refractivity contribution is 9.10. The standard InChI is InChI=1S/C13H12BrClN2O3/c1-7-5-12(17-20-7)16-13(18)8(2)19-11-4-3-9(14)6-10(11)15/h3-6,8H,1-2H3,(H,16,17,18). The van der Waals surface area contributed by atoms with E-state index in [1.807, 2.05) is 0 Å². The molecule has 1 atom stereocenters. The molecule has 1 amide bonds. The van der Waals surface area contributed by atoms with Gasteiger partial charge in [0.25, 0.3) is 5.91 Å². The van der Waals surface area contributed by atoms with Crippen molar-refractivity contribution < 1.29 is 14.1 Å². The van der Waals surface area contributed by atoms with Crippen LogP contribution in [0.2, 0.25) is 5.02 Å². The molecular formula is C13H12BrClN2O3. The fourth-order valence-electron chi connectivity index (χ4n) is 1.47. The van der Waals surface area contributed by atoms with Crippen molar-refractivity contribution in [2.45, 2.75) is 20.0 Å². The smallest absolute Gasteiger partial charge is 0.266 e. The fourth-order valence-corrected chi connectivity index (χ4v) is 2.19. The second-order valence-corrected chi connectivity index (χ2v) is 5.47. The summed E-state index contributed by atoms with van der Waals surface area (Å²) < 4.78 is 11.2. The summed E-state index contributed by atoms with van der Waals surface area (Å²) in [7, 11) is 0. The van der Waals surface area contributed by atoms with Crippen molar-refractivity contribution in [1.82, 2.24) is 5.16 Å². The normalized spacial score (nSPS) is 12.0. The molecule has 1 aromatic carbocycles. The average molecular weight is 360 g/mol. The number of nitrogens with one attached hydrogen (secondary N) is 1. The Bertz CT molecular complexity index is 630. The Morgan fingerprint density at radius 1 is 1.50 bits per heavy atom. The summed E-state index contributed by atoms with van der Waals surface area (Å²) in [6.45, 7) is 3.37. The number of aryl methyl sites for hydroxylation is 1. The van der Waals surface area contributed by atoms with E-state index in [2.05, 4.69) is 26.4 Å². The number of nitrogens with zero attached hydrogens (tertiary/aromatic N) is 1. The van der Waals surface area contributed by atoms with Crippen LogP contribution in [0, 0.1) is 6.92 Å². The molecule has 0 aliphatic heterocycles. The van der Waals surface area contributed by atoms with Crippen LogP contribution in [0.1, 0.15) is 12.7 Å². The van der Waals surface area contributed by atoms with E-state index in [-0.39, 0.29) is 5.91 Å². The molecule has 7 heteroatoms. The Balaban J connectivity index is 2.00. The van der Waals surface area contributed by atoms with Crippen LogP contribution in [0.25, 0.3) is 0 Å². The Morgan fingerprint density at radius 2 is 2.25 bits per heavy atom. The summed E-state index contributed by atoms with van der Waals surface area (Å²) in [6, 6.07) is 6.79. The summed E-state index contributed by atoms with van der Waals surface area (Å²) >= 11 is 9.33. The Hall–Kier alpha value is -1.53. The van der Waals surface area contributed by atoms with Crippen molar-refractivity contribution in [3.63, 3.8) is 0 Å². The lowest BCUT2D eigenvalue weighted by Crippen LogP contribution is -2.30. The molecule has 0 radical (unpaired) electrons. The van der Waals surface area contributed by atoms with Gasteiger partial charge in [0.05, 0.1) is 5.02 Å².